The third kappa shape index (κ3) is 6.16. The molecule has 1 rings (SSSR count). The molecule has 134 valence electrons. The molecule has 0 aromatic heterocycles. The van der Waals surface area contributed by atoms with Gasteiger partial charge in [0.05, 0.1) is 5.70 Å². The van der Waals surface area contributed by atoms with Crippen molar-refractivity contribution in [2.24, 2.45) is 17.2 Å². The Hall–Kier alpha value is -2.14. The van der Waals surface area contributed by atoms with Gasteiger partial charge >= 0.3 is 0 Å². The fraction of sp³-hybridized carbons (Fsp3) is 0.474. The molecular formula is C19H33N5. The van der Waals surface area contributed by atoms with E-state index in [9.17, 15) is 0 Å². The molecule has 0 saturated heterocycles. The summed E-state index contributed by atoms with van der Waals surface area (Å²) < 4.78 is 0. The van der Waals surface area contributed by atoms with E-state index in [1.54, 1.807) is 0 Å². The quantitative estimate of drug-likeness (QED) is 0.389. The van der Waals surface area contributed by atoms with Crippen LogP contribution >= 0.6 is 0 Å². The van der Waals surface area contributed by atoms with Crippen LogP contribution < -0.4 is 22.5 Å². The average molecular weight is 332 g/mol. The van der Waals surface area contributed by atoms with Gasteiger partial charge in [0.1, 0.15) is 5.82 Å². The molecule has 0 aliphatic heterocycles. The minimum atomic E-state index is 0.293. The summed E-state index contributed by atoms with van der Waals surface area (Å²) in [4.78, 5) is 2.15. The maximum atomic E-state index is 6.29. The van der Waals surface area contributed by atoms with Gasteiger partial charge in [0.15, 0.2) is 0 Å². The van der Waals surface area contributed by atoms with Crippen molar-refractivity contribution in [1.29, 1.82) is 0 Å². The molecule has 1 aromatic carbocycles. The average Bonchev–Trinajstić information content (AvgIpc) is 2.56. The van der Waals surface area contributed by atoms with E-state index in [4.69, 9.17) is 17.2 Å². The van der Waals surface area contributed by atoms with Crippen LogP contribution in [0.25, 0.3) is 5.70 Å². The van der Waals surface area contributed by atoms with E-state index in [1.165, 1.54) is 12.8 Å². The predicted molar refractivity (Wildman–Crippen MR) is 104 cm³/mol. The van der Waals surface area contributed by atoms with Crippen molar-refractivity contribution < 1.29 is 0 Å². The summed E-state index contributed by atoms with van der Waals surface area (Å²) in [5.74, 6) is 0.293. The summed E-state index contributed by atoms with van der Waals surface area (Å²) >= 11 is 0. The molecule has 5 nitrogen and oxygen atoms in total. The molecule has 0 amide bonds. The van der Waals surface area contributed by atoms with Crippen LogP contribution in [0.4, 0.5) is 0 Å². The van der Waals surface area contributed by atoms with Gasteiger partial charge in [-0.25, -0.2) is 0 Å². The Morgan fingerprint density at radius 1 is 1.12 bits per heavy atom. The standard InChI is InChI=1S/C19H33N5/c1-4-6-11-23-12-13-24(5-2)18(19(21)22)14-17(20)16-10-8-7-9-15(16)3/h7-10,14,23H,4-6,11-13,20-22H2,1-3H3/b17-14-. The normalized spacial score (nSPS) is 11.4. The molecule has 0 fully saturated rings. The zero-order valence-corrected chi connectivity index (χ0v) is 15.3. The number of nitrogens with one attached hydrogen (secondary N) is 1. The number of hydrogen-bond acceptors (Lipinski definition) is 5. The number of benzene rings is 1. The fourth-order valence-electron chi connectivity index (χ4n) is 2.57. The van der Waals surface area contributed by atoms with Gasteiger partial charge in [-0.05, 0) is 38.5 Å². The Morgan fingerprint density at radius 2 is 1.83 bits per heavy atom. The molecule has 0 aliphatic rings. The minimum absolute atomic E-state index is 0.293. The summed E-state index contributed by atoms with van der Waals surface area (Å²) in [5.41, 5.74) is 21.7. The van der Waals surface area contributed by atoms with Crippen LogP contribution in [-0.2, 0) is 0 Å². The van der Waals surface area contributed by atoms with Gasteiger partial charge in [-0.1, -0.05) is 37.6 Å². The molecule has 0 unspecified atom stereocenters. The Kier molecular flexibility index (Phi) is 8.79. The van der Waals surface area contributed by atoms with Gasteiger partial charge in [0, 0.05) is 30.9 Å². The van der Waals surface area contributed by atoms with Crippen LogP contribution in [0.5, 0.6) is 0 Å². The molecule has 0 saturated carbocycles. The fourth-order valence-corrected chi connectivity index (χ4v) is 2.57. The maximum absolute atomic E-state index is 6.29. The Labute approximate surface area is 146 Å². The van der Waals surface area contributed by atoms with Crippen molar-refractivity contribution in [1.82, 2.24) is 10.2 Å². The van der Waals surface area contributed by atoms with Gasteiger partial charge in [0.25, 0.3) is 0 Å². The van der Waals surface area contributed by atoms with Gasteiger partial charge in [0.2, 0.25) is 0 Å². The number of nitrogens with two attached hydrogens (primary N) is 3. The van der Waals surface area contributed by atoms with E-state index >= 15 is 0 Å². The zero-order valence-electron chi connectivity index (χ0n) is 15.3. The molecule has 0 spiro atoms. The van der Waals surface area contributed by atoms with E-state index in [1.807, 2.05) is 37.3 Å². The van der Waals surface area contributed by atoms with Crippen LogP contribution in [0.15, 0.2) is 41.9 Å². The van der Waals surface area contributed by atoms with E-state index in [2.05, 4.69) is 24.1 Å². The molecule has 0 bridgehead atoms. The Bertz CT molecular complexity index is 559. The highest BCUT2D eigenvalue weighted by molar-refractivity contribution is 5.67. The first-order valence-electron chi connectivity index (χ1n) is 8.75. The van der Waals surface area contributed by atoms with Gasteiger partial charge in [-0.3, -0.25) is 0 Å². The number of unbranched alkanes of at least 4 members (excludes halogenated alkanes) is 1. The van der Waals surface area contributed by atoms with Crippen molar-refractivity contribution in [2.45, 2.75) is 33.6 Å². The Balaban J connectivity index is 2.87. The lowest BCUT2D eigenvalue weighted by Gasteiger charge is -2.25. The lowest BCUT2D eigenvalue weighted by molar-refractivity contribution is 0.363. The van der Waals surface area contributed by atoms with Crippen molar-refractivity contribution in [3.8, 4) is 0 Å². The minimum Gasteiger partial charge on any atom is -0.398 e. The van der Waals surface area contributed by atoms with Gasteiger partial charge < -0.3 is 27.4 Å². The molecule has 0 aliphatic carbocycles. The van der Waals surface area contributed by atoms with Crippen LogP contribution in [0, 0.1) is 6.92 Å². The van der Waals surface area contributed by atoms with Gasteiger partial charge in [-0.2, -0.15) is 0 Å². The summed E-state index contributed by atoms with van der Waals surface area (Å²) in [5, 5.41) is 3.44. The third-order valence-electron chi connectivity index (χ3n) is 4.03. The smallest absolute Gasteiger partial charge is 0.118 e. The largest absolute Gasteiger partial charge is 0.398 e. The molecule has 1 aromatic rings. The molecule has 24 heavy (non-hydrogen) atoms. The van der Waals surface area contributed by atoms with E-state index in [-0.39, 0.29) is 0 Å². The number of hydrogen-bond donors (Lipinski definition) is 4. The number of aryl methyl sites for hydroxylation is 1. The summed E-state index contributed by atoms with van der Waals surface area (Å²) in [6.45, 7) is 9.91. The Morgan fingerprint density at radius 3 is 2.42 bits per heavy atom. The van der Waals surface area contributed by atoms with Crippen molar-refractivity contribution in [3.63, 3.8) is 0 Å². The monoisotopic (exact) mass is 331 g/mol. The molecule has 0 atom stereocenters. The van der Waals surface area contributed by atoms with Crippen LogP contribution in [0.1, 0.15) is 37.8 Å². The van der Waals surface area contributed by atoms with E-state index < -0.39 is 0 Å². The van der Waals surface area contributed by atoms with Crippen molar-refractivity contribution >= 4 is 5.70 Å². The molecule has 5 heteroatoms. The first-order chi connectivity index (χ1) is 11.5. The van der Waals surface area contributed by atoms with Crippen LogP contribution in [-0.4, -0.2) is 31.1 Å². The van der Waals surface area contributed by atoms with Gasteiger partial charge in [-0.15, -0.1) is 0 Å². The second-order valence-corrected chi connectivity index (χ2v) is 5.94. The molecule has 0 radical (unpaired) electrons. The third-order valence-corrected chi connectivity index (χ3v) is 4.03. The lowest BCUT2D eigenvalue weighted by atomic mass is 10.1. The number of nitrogens with zero attached hydrogens (tertiary/aromatic N) is 1. The highest BCUT2D eigenvalue weighted by Crippen LogP contribution is 2.17. The topological polar surface area (TPSA) is 93.3 Å². The first-order valence-corrected chi connectivity index (χ1v) is 8.75. The number of allylic oxidation sites excluding steroid dienone is 1. The molecule has 0 heterocycles. The highest BCUT2D eigenvalue weighted by Gasteiger charge is 2.10. The van der Waals surface area contributed by atoms with Crippen LogP contribution in [0.3, 0.4) is 0 Å². The van der Waals surface area contributed by atoms with E-state index in [0.29, 0.717) is 11.5 Å². The lowest BCUT2D eigenvalue weighted by Crippen LogP contribution is -2.34. The van der Waals surface area contributed by atoms with Crippen molar-refractivity contribution in [3.05, 3.63) is 53.0 Å². The van der Waals surface area contributed by atoms with Crippen molar-refractivity contribution in [2.75, 3.05) is 26.2 Å². The second-order valence-electron chi connectivity index (χ2n) is 5.94. The van der Waals surface area contributed by atoms with Crippen LogP contribution in [0.2, 0.25) is 0 Å². The SMILES string of the molecule is CCCCNCCN(CC)C(/C=C(\N)c1ccccc1C)=C(N)N. The zero-order chi connectivity index (χ0) is 17.9. The summed E-state index contributed by atoms with van der Waals surface area (Å²) in [6.07, 6.45) is 4.27. The maximum Gasteiger partial charge on any atom is 0.118 e. The highest BCUT2D eigenvalue weighted by atomic mass is 15.2. The van der Waals surface area contributed by atoms with E-state index in [0.717, 1.165) is 43.0 Å². The summed E-state index contributed by atoms with van der Waals surface area (Å²) in [6, 6.07) is 8.03. The number of rotatable bonds is 10. The molecular weight excluding hydrogens is 298 g/mol. The second kappa shape index (κ2) is 10.6. The predicted octanol–water partition coefficient (Wildman–Crippen LogP) is 2.09. The molecule has 7 N–H and O–H groups in total. The first kappa shape index (κ1) is 19.9. The summed E-state index contributed by atoms with van der Waals surface area (Å²) in [7, 11) is 0. The number of likely N-dealkylation sites (N-methyl/N-ethyl adjacent to an activating group) is 1.